The van der Waals surface area contributed by atoms with Gasteiger partial charge in [-0.05, 0) is 38.9 Å². The summed E-state index contributed by atoms with van der Waals surface area (Å²) in [6.45, 7) is 6.49. The lowest BCUT2D eigenvalue weighted by molar-refractivity contribution is 0.265. The quantitative estimate of drug-likeness (QED) is 0.836. The summed E-state index contributed by atoms with van der Waals surface area (Å²) >= 11 is 0. The Morgan fingerprint density at radius 3 is 3.00 bits per heavy atom. The fraction of sp³-hybridized carbons (Fsp3) is 0.538. The van der Waals surface area contributed by atoms with E-state index < -0.39 is 0 Å². The molecular formula is C13H17N5O. The highest BCUT2D eigenvalue weighted by atomic mass is 16.5. The van der Waals surface area contributed by atoms with Crippen LogP contribution in [0.25, 0.3) is 11.5 Å². The van der Waals surface area contributed by atoms with E-state index in [1.54, 1.807) is 6.20 Å². The Morgan fingerprint density at radius 2 is 2.32 bits per heavy atom. The molecule has 1 aliphatic heterocycles. The van der Waals surface area contributed by atoms with Crippen LogP contribution in [0.5, 0.6) is 0 Å². The normalized spacial score (nSPS) is 20.3. The minimum Gasteiger partial charge on any atom is -0.339 e. The van der Waals surface area contributed by atoms with Gasteiger partial charge in [-0.2, -0.15) is 10.1 Å². The zero-order chi connectivity index (χ0) is 13.2. The van der Waals surface area contributed by atoms with Gasteiger partial charge >= 0.3 is 0 Å². The molecule has 0 saturated carbocycles. The topological polar surface area (TPSA) is 67.9 Å². The molecule has 6 heteroatoms. The molecule has 2 aromatic rings. The molecule has 0 amide bonds. The fourth-order valence-corrected chi connectivity index (χ4v) is 2.38. The first-order valence-electron chi connectivity index (χ1n) is 6.60. The maximum absolute atomic E-state index is 5.38. The second kappa shape index (κ2) is 5.05. The van der Waals surface area contributed by atoms with Gasteiger partial charge in [-0.3, -0.25) is 0 Å². The zero-order valence-corrected chi connectivity index (χ0v) is 11.2. The molecule has 0 unspecified atom stereocenters. The van der Waals surface area contributed by atoms with E-state index >= 15 is 0 Å². The van der Waals surface area contributed by atoms with E-state index in [0.29, 0.717) is 29.4 Å². The number of aromatic nitrogens is 4. The molecule has 1 fully saturated rings. The first kappa shape index (κ1) is 12.2. The van der Waals surface area contributed by atoms with Crippen molar-refractivity contribution >= 4 is 0 Å². The summed E-state index contributed by atoms with van der Waals surface area (Å²) in [4.78, 5) is 6.88. The second-order valence-corrected chi connectivity index (χ2v) is 5.14. The van der Waals surface area contributed by atoms with Gasteiger partial charge in [0.1, 0.15) is 5.69 Å². The third-order valence-corrected chi connectivity index (χ3v) is 3.54. The monoisotopic (exact) mass is 259 g/mol. The number of hydrogen-bond donors (Lipinski definition) is 0. The molecule has 1 atom stereocenters. The molecule has 0 radical (unpaired) electrons. The van der Waals surface area contributed by atoms with Crippen molar-refractivity contribution in [2.45, 2.75) is 32.2 Å². The van der Waals surface area contributed by atoms with Gasteiger partial charge in [0.25, 0.3) is 0 Å². The van der Waals surface area contributed by atoms with Crippen LogP contribution >= 0.6 is 0 Å². The van der Waals surface area contributed by atoms with E-state index in [1.165, 1.54) is 0 Å². The Balaban J connectivity index is 1.76. The van der Waals surface area contributed by atoms with Crippen molar-refractivity contribution in [1.29, 1.82) is 0 Å². The van der Waals surface area contributed by atoms with Gasteiger partial charge in [0.05, 0.1) is 5.92 Å². The summed E-state index contributed by atoms with van der Waals surface area (Å²) in [5.41, 5.74) is 0.649. The van der Waals surface area contributed by atoms with Gasteiger partial charge in [-0.25, -0.2) is 0 Å². The molecule has 19 heavy (non-hydrogen) atoms. The van der Waals surface area contributed by atoms with Crippen molar-refractivity contribution in [2.75, 3.05) is 13.1 Å². The van der Waals surface area contributed by atoms with Gasteiger partial charge in [0, 0.05) is 18.8 Å². The van der Waals surface area contributed by atoms with Gasteiger partial charge in [0.15, 0.2) is 0 Å². The van der Waals surface area contributed by atoms with E-state index in [9.17, 15) is 0 Å². The highest BCUT2D eigenvalue weighted by Gasteiger charge is 2.29. The maximum atomic E-state index is 5.38. The Kier molecular flexibility index (Phi) is 3.25. The number of likely N-dealkylation sites (tertiary alicyclic amines) is 1. The van der Waals surface area contributed by atoms with E-state index in [0.717, 1.165) is 19.5 Å². The van der Waals surface area contributed by atoms with Gasteiger partial charge in [-0.1, -0.05) is 5.16 Å². The third kappa shape index (κ3) is 2.49. The molecule has 0 spiro atoms. The van der Waals surface area contributed by atoms with Gasteiger partial charge in [-0.15, -0.1) is 5.10 Å². The zero-order valence-electron chi connectivity index (χ0n) is 11.2. The lowest BCUT2D eigenvalue weighted by Gasteiger charge is -2.19. The molecule has 0 aliphatic carbocycles. The van der Waals surface area contributed by atoms with Crippen molar-refractivity contribution in [1.82, 2.24) is 25.2 Å². The SMILES string of the molecule is CC(C)N1CC[C@@H](c2nc(-c3cccnn3)no2)C1. The second-order valence-electron chi connectivity index (χ2n) is 5.14. The average molecular weight is 259 g/mol. The average Bonchev–Trinajstić information content (AvgIpc) is 3.09. The molecule has 0 aromatic carbocycles. The van der Waals surface area contributed by atoms with Crippen molar-refractivity contribution < 1.29 is 4.52 Å². The van der Waals surface area contributed by atoms with Gasteiger partial charge < -0.3 is 9.42 Å². The van der Waals surface area contributed by atoms with Crippen LogP contribution in [-0.4, -0.2) is 44.4 Å². The summed E-state index contributed by atoms with van der Waals surface area (Å²) in [5, 5.41) is 11.8. The molecule has 3 heterocycles. The fourth-order valence-electron chi connectivity index (χ4n) is 2.38. The third-order valence-electron chi connectivity index (χ3n) is 3.54. The number of hydrogen-bond acceptors (Lipinski definition) is 6. The summed E-state index contributed by atoms with van der Waals surface area (Å²) in [7, 11) is 0. The molecular weight excluding hydrogens is 242 g/mol. The first-order valence-corrected chi connectivity index (χ1v) is 6.60. The summed E-state index contributed by atoms with van der Waals surface area (Å²) < 4.78 is 5.38. The van der Waals surface area contributed by atoms with Crippen molar-refractivity contribution in [2.24, 2.45) is 0 Å². The van der Waals surface area contributed by atoms with Crippen LogP contribution in [0.2, 0.25) is 0 Å². The molecule has 1 saturated heterocycles. The molecule has 2 aromatic heterocycles. The first-order chi connectivity index (χ1) is 9.24. The molecule has 6 nitrogen and oxygen atoms in total. The summed E-state index contributed by atoms with van der Waals surface area (Å²) in [6, 6.07) is 4.21. The summed E-state index contributed by atoms with van der Waals surface area (Å²) in [5.74, 6) is 1.57. The van der Waals surface area contributed by atoms with Crippen LogP contribution in [0.1, 0.15) is 32.1 Å². The van der Waals surface area contributed by atoms with Crippen molar-refractivity contribution in [3.8, 4) is 11.5 Å². The van der Waals surface area contributed by atoms with Crippen molar-refractivity contribution in [3.05, 3.63) is 24.2 Å². The minimum atomic E-state index is 0.334. The van der Waals surface area contributed by atoms with E-state index in [-0.39, 0.29) is 0 Å². The molecule has 100 valence electrons. The van der Waals surface area contributed by atoms with Crippen LogP contribution in [-0.2, 0) is 0 Å². The Hall–Kier alpha value is -1.82. The number of nitrogens with zero attached hydrogens (tertiary/aromatic N) is 5. The highest BCUT2D eigenvalue weighted by molar-refractivity contribution is 5.46. The van der Waals surface area contributed by atoms with Crippen LogP contribution in [0, 0.1) is 0 Å². The van der Waals surface area contributed by atoms with E-state index in [2.05, 4.69) is 39.1 Å². The van der Waals surface area contributed by atoms with Crippen LogP contribution < -0.4 is 0 Å². The van der Waals surface area contributed by atoms with Crippen molar-refractivity contribution in [3.63, 3.8) is 0 Å². The summed E-state index contributed by atoms with van der Waals surface area (Å²) in [6.07, 6.45) is 2.70. The molecule has 1 aliphatic rings. The molecule has 0 bridgehead atoms. The molecule has 3 rings (SSSR count). The maximum Gasteiger partial charge on any atom is 0.231 e. The van der Waals surface area contributed by atoms with Crippen LogP contribution in [0.4, 0.5) is 0 Å². The number of rotatable bonds is 3. The lowest BCUT2D eigenvalue weighted by atomic mass is 10.1. The molecule has 0 N–H and O–H groups in total. The highest BCUT2D eigenvalue weighted by Crippen LogP contribution is 2.28. The largest absolute Gasteiger partial charge is 0.339 e. The predicted molar refractivity (Wildman–Crippen MR) is 69.4 cm³/mol. The van der Waals surface area contributed by atoms with Crippen LogP contribution in [0.3, 0.4) is 0 Å². The van der Waals surface area contributed by atoms with Gasteiger partial charge in [0.2, 0.25) is 11.7 Å². The smallest absolute Gasteiger partial charge is 0.231 e. The predicted octanol–water partition coefficient (Wildman–Crippen LogP) is 1.72. The minimum absolute atomic E-state index is 0.334. The Morgan fingerprint density at radius 1 is 1.42 bits per heavy atom. The standard InChI is InChI=1S/C13H17N5O/c1-9(2)18-7-5-10(8-18)13-15-12(17-19-13)11-4-3-6-14-16-11/h3-4,6,9-10H,5,7-8H2,1-2H3/t10-/m1/s1. The van der Waals surface area contributed by atoms with E-state index in [4.69, 9.17) is 4.52 Å². The Labute approximate surface area is 111 Å². The lowest BCUT2D eigenvalue weighted by Crippen LogP contribution is -2.27. The Bertz CT molecular complexity index is 539. The van der Waals surface area contributed by atoms with Crippen LogP contribution in [0.15, 0.2) is 22.9 Å². The van der Waals surface area contributed by atoms with E-state index in [1.807, 2.05) is 12.1 Å².